The van der Waals surface area contributed by atoms with Gasteiger partial charge in [0, 0.05) is 18.6 Å². The molecule has 0 aliphatic carbocycles. The van der Waals surface area contributed by atoms with Crippen LogP contribution in [-0.2, 0) is 6.42 Å². The molecule has 0 amide bonds. The number of aromatic hydroxyl groups is 1. The van der Waals surface area contributed by atoms with Crippen LogP contribution in [0.3, 0.4) is 0 Å². The van der Waals surface area contributed by atoms with Gasteiger partial charge < -0.3 is 9.84 Å². The van der Waals surface area contributed by atoms with E-state index in [4.69, 9.17) is 4.74 Å². The summed E-state index contributed by atoms with van der Waals surface area (Å²) < 4.78 is 6.56. The average Bonchev–Trinajstić information content (AvgIpc) is 2.62. The molecule has 3 nitrogen and oxygen atoms in total. The molecule has 0 atom stereocenters. The van der Waals surface area contributed by atoms with E-state index in [1.54, 1.807) is 12.1 Å². The van der Waals surface area contributed by atoms with Crippen molar-refractivity contribution >= 4 is 0 Å². The molecule has 2 aromatic carbocycles. The molecule has 3 heteroatoms. The first-order valence-corrected chi connectivity index (χ1v) is 9.71. The number of rotatable bonds is 1. The summed E-state index contributed by atoms with van der Waals surface area (Å²) in [6.07, 6.45) is 4.42. The van der Waals surface area contributed by atoms with Gasteiger partial charge in [0.25, 0.3) is 0 Å². The highest BCUT2D eigenvalue weighted by molar-refractivity contribution is 5.66. The number of hydrogen-bond donors (Lipinski definition) is 1. The van der Waals surface area contributed by atoms with Crippen LogP contribution in [0.4, 0.5) is 0 Å². The number of phenolic OH excluding ortho intramolecular Hbond substituents is 1. The molecule has 4 rings (SSSR count). The Hall–Kier alpha value is -2.00. The smallest absolute Gasteiger partial charge is 0.123 e. The first-order valence-electron chi connectivity index (χ1n) is 9.71. The molecule has 0 radical (unpaired) electrons. The molecule has 2 aliphatic heterocycles. The minimum atomic E-state index is 0.0226. The zero-order chi connectivity index (χ0) is 18.4. The van der Waals surface area contributed by atoms with Crippen molar-refractivity contribution in [3.63, 3.8) is 0 Å². The Kier molecular flexibility index (Phi) is 4.23. The summed E-state index contributed by atoms with van der Waals surface area (Å²) in [4.78, 5) is 2.57. The third-order valence-electron chi connectivity index (χ3n) is 6.06. The molecule has 2 aromatic rings. The Morgan fingerprint density at radius 2 is 1.58 bits per heavy atom. The summed E-state index contributed by atoms with van der Waals surface area (Å²) in [6.45, 7) is 9.13. The monoisotopic (exact) mass is 351 g/mol. The van der Waals surface area contributed by atoms with E-state index in [-0.39, 0.29) is 11.1 Å². The van der Waals surface area contributed by atoms with Crippen molar-refractivity contribution in [1.82, 2.24) is 4.90 Å². The Morgan fingerprint density at radius 3 is 2.23 bits per heavy atom. The largest absolute Gasteiger partial charge is 0.508 e. The molecular weight excluding hydrogens is 322 g/mol. The maximum Gasteiger partial charge on any atom is 0.123 e. The number of aryl methyl sites for hydroxylation is 1. The first-order chi connectivity index (χ1) is 12.3. The standard InChI is InChI=1S/C23H29NO2/c1-22(2,3)24-14-12-23(13-15-24)11-10-19-16-18(6-9-21(19)26-23)17-4-7-20(25)8-5-17/h4-9,16,25H,10-15H2,1-3H3. The quantitative estimate of drug-likeness (QED) is 0.783. The minimum absolute atomic E-state index is 0.0226. The SMILES string of the molecule is CC(C)(C)N1CCC2(CCc3cc(-c4ccc(O)cc4)ccc3O2)CC1. The Labute approximate surface area is 156 Å². The highest BCUT2D eigenvalue weighted by Gasteiger charge is 2.41. The highest BCUT2D eigenvalue weighted by Crippen LogP contribution is 2.41. The van der Waals surface area contributed by atoms with E-state index in [0.29, 0.717) is 5.75 Å². The molecule has 26 heavy (non-hydrogen) atoms. The van der Waals surface area contributed by atoms with Crippen molar-refractivity contribution in [3.8, 4) is 22.6 Å². The molecule has 1 fully saturated rings. The highest BCUT2D eigenvalue weighted by atomic mass is 16.5. The van der Waals surface area contributed by atoms with Gasteiger partial charge in [-0.3, -0.25) is 4.90 Å². The summed E-state index contributed by atoms with van der Waals surface area (Å²) in [5.74, 6) is 1.36. The van der Waals surface area contributed by atoms with Crippen molar-refractivity contribution in [1.29, 1.82) is 0 Å². The average molecular weight is 351 g/mol. The molecule has 1 spiro atoms. The van der Waals surface area contributed by atoms with Crippen molar-refractivity contribution < 1.29 is 9.84 Å². The number of nitrogens with zero attached hydrogens (tertiary/aromatic N) is 1. The topological polar surface area (TPSA) is 32.7 Å². The minimum Gasteiger partial charge on any atom is -0.508 e. The van der Waals surface area contributed by atoms with Gasteiger partial charge in [-0.15, -0.1) is 0 Å². The Morgan fingerprint density at radius 1 is 0.923 bits per heavy atom. The van der Waals surface area contributed by atoms with Crippen LogP contribution in [0.15, 0.2) is 42.5 Å². The third kappa shape index (κ3) is 3.33. The van der Waals surface area contributed by atoms with Crippen molar-refractivity contribution in [2.24, 2.45) is 0 Å². The maximum atomic E-state index is 9.48. The van der Waals surface area contributed by atoms with E-state index in [2.05, 4.69) is 43.9 Å². The first kappa shape index (κ1) is 17.4. The summed E-state index contributed by atoms with van der Waals surface area (Å²) >= 11 is 0. The molecule has 0 bridgehead atoms. The predicted molar refractivity (Wildman–Crippen MR) is 106 cm³/mol. The van der Waals surface area contributed by atoms with E-state index >= 15 is 0 Å². The number of likely N-dealkylation sites (tertiary alicyclic amines) is 1. The predicted octanol–water partition coefficient (Wildman–Crippen LogP) is 5.02. The number of benzene rings is 2. The summed E-state index contributed by atoms with van der Waals surface area (Å²) in [5.41, 5.74) is 3.89. The molecule has 0 unspecified atom stereocenters. The van der Waals surface area contributed by atoms with Gasteiger partial charge >= 0.3 is 0 Å². The lowest BCUT2D eigenvalue weighted by atomic mass is 9.81. The zero-order valence-electron chi connectivity index (χ0n) is 16.1. The van der Waals surface area contributed by atoms with Gasteiger partial charge in [0.2, 0.25) is 0 Å². The maximum absolute atomic E-state index is 9.48. The van der Waals surface area contributed by atoms with Crippen LogP contribution >= 0.6 is 0 Å². The fourth-order valence-electron chi connectivity index (χ4n) is 4.29. The van der Waals surface area contributed by atoms with Crippen LogP contribution in [0.25, 0.3) is 11.1 Å². The van der Waals surface area contributed by atoms with Gasteiger partial charge in [-0.1, -0.05) is 18.2 Å². The van der Waals surface area contributed by atoms with Crippen LogP contribution in [0.5, 0.6) is 11.5 Å². The molecule has 0 saturated carbocycles. The lowest BCUT2D eigenvalue weighted by Crippen LogP contribution is -2.54. The number of ether oxygens (including phenoxy) is 1. The second-order valence-electron chi connectivity index (χ2n) is 8.81. The van der Waals surface area contributed by atoms with Gasteiger partial charge in [-0.05, 0) is 87.4 Å². The molecular formula is C23H29NO2. The number of piperidine rings is 1. The van der Waals surface area contributed by atoms with E-state index in [0.717, 1.165) is 50.1 Å². The zero-order valence-corrected chi connectivity index (χ0v) is 16.1. The van der Waals surface area contributed by atoms with Crippen LogP contribution in [-0.4, -0.2) is 34.2 Å². The molecule has 1 saturated heterocycles. The summed E-state index contributed by atoms with van der Waals surface area (Å²) in [5, 5.41) is 9.48. The normalized spacial score (nSPS) is 19.8. The fraction of sp³-hybridized carbons (Fsp3) is 0.478. The molecule has 138 valence electrons. The second-order valence-corrected chi connectivity index (χ2v) is 8.81. The summed E-state index contributed by atoms with van der Waals surface area (Å²) in [6, 6.07) is 13.9. The fourth-order valence-corrected chi connectivity index (χ4v) is 4.29. The lowest BCUT2D eigenvalue weighted by molar-refractivity contribution is -0.0355. The molecule has 2 aliphatic rings. The van der Waals surface area contributed by atoms with Crippen molar-refractivity contribution in [2.75, 3.05) is 13.1 Å². The molecule has 2 heterocycles. The van der Waals surface area contributed by atoms with Crippen LogP contribution < -0.4 is 4.74 Å². The van der Waals surface area contributed by atoms with Crippen molar-refractivity contribution in [2.45, 2.75) is 57.6 Å². The Bertz CT molecular complexity index is 781. The van der Waals surface area contributed by atoms with E-state index in [9.17, 15) is 5.11 Å². The Balaban J connectivity index is 1.51. The van der Waals surface area contributed by atoms with Crippen LogP contribution in [0.1, 0.15) is 45.6 Å². The van der Waals surface area contributed by atoms with E-state index < -0.39 is 0 Å². The van der Waals surface area contributed by atoms with Gasteiger partial charge in [0.15, 0.2) is 0 Å². The van der Waals surface area contributed by atoms with Crippen LogP contribution in [0.2, 0.25) is 0 Å². The second kappa shape index (κ2) is 6.31. The lowest BCUT2D eigenvalue weighted by Gasteiger charge is -2.48. The third-order valence-corrected chi connectivity index (χ3v) is 6.06. The van der Waals surface area contributed by atoms with Crippen molar-refractivity contribution in [3.05, 3.63) is 48.0 Å². The number of hydrogen-bond acceptors (Lipinski definition) is 3. The summed E-state index contributed by atoms with van der Waals surface area (Å²) in [7, 11) is 0. The van der Waals surface area contributed by atoms with Gasteiger partial charge in [-0.2, -0.15) is 0 Å². The van der Waals surface area contributed by atoms with E-state index in [1.165, 1.54) is 11.1 Å². The van der Waals surface area contributed by atoms with E-state index in [1.807, 2.05) is 12.1 Å². The molecule has 0 aromatic heterocycles. The van der Waals surface area contributed by atoms with Gasteiger partial charge in [-0.25, -0.2) is 0 Å². The van der Waals surface area contributed by atoms with Gasteiger partial charge in [0.05, 0.1) is 0 Å². The number of fused-ring (bicyclic) bond motifs is 1. The number of phenols is 1. The van der Waals surface area contributed by atoms with Crippen LogP contribution in [0, 0.1) is 0 Å². The molecule has 1 N–H and O–H groups in total. The van der Waals surface area contributed by atoms with Gasteiger partial charge in [0.1, 0.15) is 17.1 Å².